The number of carbonyl (C=O) groups excluding carboxylic acids is 1. The van der Waals surface area contributed by atoms with Crippen LogP contribution in [0.1, 0.15) is 40.0 Å². The van der Waals surface area contributed by atoms with Crippen molar-refractivity contribution in [3.63, 3.8) is 0 Å². The van der Waals surface area contributed by atoms with E-state index in [4.69, 9.17) is 12.2 Å². The lowest BCUT2D eigenvalue weighted by molar-refractivity contribution is -0.130. The molecule has 2 rings (SSSR count). The Morgan fingerprint density at radius 3 is 2.36 bits per heavy atom. The summed E-state index contributed by atoms with van der Waals surface area (Å²) in [4.78, 5) is 15.5. The predicted molar refractivity (Wildman–Crippen MR) is 99.4 cm³/mol. The van der Waals surface area contributed by atoms with Crippen LogP contribution >= 0.6 is 12.2 Å². The molecule has 1 amide bonds. The second-order valence-corrected chi connectivity index (χ2v) is 6.88. The van der Waals surface area contributed by atoms with E-state index in [0.29, 0.717) is 23.9 Å². The van der Waals surface area contributed by atoms with E-state index in [1.165, 1.54) is 12.1 Å². The highest BCUT2D eigenvalue weighted by molar-refractivity contribution is 7.80. The fourth-order valence-electron chi connectivity index (χ4n) is 3.20. The fourth-order valence-corrected chi connectivity index (χ4v) is 3.64. The van der Waals surface area contributed by atoms with Gasteiger partial charge in [0, 0.05) is 43.9 Å². The zero-order valence-corrected chi connectivity index (χ0v) is 15.7. The van der Waals surface area contributed by atoms with E-state index in [9.17, 15) is 13.6 Å². The minimum atomic E-state index is -0.643. The summed E-state index contributed by atoms with van der Waals surface area (Å²) < 4.78 is 26.8. The van der Waals surface area contributed by atoms with Crippen LogP contribution < -0.4 is 5.32 Å². The largest absolute Gasteiger partial charge is 0.343 e. The minimum Gasteiger partial charge on any atom is -0.343 e. The molecule has 1 atom stereocenters. The second kappa shape index (κ2) is 8.56. The van der Waals surface area contributed by atoms with Crippen molar-refractivity contribution in [1.29, 1.82) is 0 Å². The van der Waals surface area contributed by atoms with Gasteiger partial charge in [0.05, 0.1) is 0 Å². The van der Waals surface area contributed by atoms with Gasteiger partial charge in [-0.2, -0.15) is 0 Å². The summed E-state index contributed by atoms with van der Waals surface area (Å²) in [5.41, 5.74) is 0.303. The number of nitrogens with zero attached hydrogens (tertiary/aromatic N) is 2. The van der Waals surface area contributed by atoms with E-state index in [2.05, 4.69) is 24.1 Å². The average molecular weight is 369 g/mol. The number of hydrogen-bond acceptors (Lipinski definition) is 2. The van der Waals surface area contributed by atoms with Gasteiger partial charge < -0.3 is 15.1 Å². The van der Waals surface area contributed by atoms with E-state index < -0.39 is 11.6 Å². The van der Waals surface area contributed by atoms with E-state index in [1.54, 1.807) is 6.92 Å². The van der Waals surface area contributed by atoms with Gasteiger partial charge in [-0.05, 0) is 50.5 Å². The van der Waals surface area contributed by atoms with Crippen LogP contribution in [0, 0.1) is 11.6 Å². The molecule has 1 N–H and O–H groups in total. The molecular formula is C18H25F2N3OS. The van der Waals surface area contributed by atoms with E-state index in [1.807, 2.05) is 4.90 Å². The number of carbonyl (C=O) groups is 1. The number of rotatable bonds is 4. The van der Waals surface area contributed by atoms with Gasteiger partial charge in [0.1, 0.15) is 11.6 Å². The third kappa shape index (κ3) is 5.11. The van der Waals surface area contributed by atoms with Crippen molar-refractivity contribution in [2.45, 2.75) is 52.1 Å². The zero-order valence-electron chi connectivity index (χ0n) is 14.9. The number of nitrogens with one attached hydrogen (secondary N) is 1. The molecule has 4 nitrogen and oxygen atoms in total. The molecule has 1 unspecified atom stereocenters. The molecule has 1 saturated heterocycles. The predicted octanol–water partition coefficient (Wildman–Crippen LogP) is 3.77. The molecule has 1 heterocycles. The topological polar surface area (TPSA) is 35.6 Å². The van der Waals surface area contributed by atoms with E-state index in [0.717, 1.165) is 25.3 Å². The van der Waals surface area contributed by atoms with Gasteiger partial charge in [-0.15, -0.1) is 0 Å². The first kappa shape index (κ1) is 19.6. The van der Waals surface area contributed by atoms with Gasteiger partial charge in [-0.3, -0.25) is 4.79 Å². The number of halogens is 2. The highest BCUT2D eigenvalue weighted by atomic mass is 32.1. The molecule has 0 radical (unpaired) electrons. The molecule has 0 aromatic heterocycles. The molecule has 1 aliphatic heterocycles. The number of hydrogen-bond donors (Lipinski definition) is 1. The Hall–Kier alpha value is -1.76. The molecule has 1 aliphatic rings. The molecule has 1 fully saturated rings. The number of piperidine rings is 1. The van der Waals surface area contributed by atoms with Crippen LogP contribution in [0.3, 0.4) is 0 Å². The molecule has 0 saturated carbocycles. The lowest BCUT2D eigenvalue weighted by Gasteiger charge is -2.42. The Kier molecular flexibility index (Phi) is 6.70. The number of thiocarbonyl (C=S) groups is 1. The molecule has 1 aromatic carbocycles. The second-order valence-electron chi connectivity index (χ2n) is 6.49. The Labute approximate surface area is 153 Å². The Balaban J connectivity index is 2.11. The summed E-state index contributed by atoms with van der Waals surface area (Å²) in [5.74, 6) is -1.20. The highest BCUT2D eigenvalue weighted by Gasteiger charge is 2.29. The Morgan fingerprint density at radius 2 is 1.88 bits per heavy atom. The monoisotopic (exact) mass is 369 g/mol. The zero-order chi connectivity index (χ0) is 18.6. The molecule has 0 aliphatic carbocycles. The van der Waals surface area contributed by atoms with Crippen LogP contribution in [0.2, 0.25) is 0 Å². The highest BCUT2D eigenvalue weighted by Crippen LogP contribution is 2.22. The molecular weight excluding hydrogens is 344 g/mol. The lowest BCUT2D eigenvalue weighted by Crippen LogP contribution is -2.52. The first-order valence-electron chi connectivity index (χ1n) is 8.62. The summed E-state index contributed by atoms with van der Waals surface area (Å²) >= 11 is 5.54. The quantitative estimate of drug-likeness (QED) is 0.820. The standard InChI is InChI=1S/C18H25F2N3OS/c1-4-12(2)23(17-5-7-22(8-6-17)13(3)24)18(25)21-16-10-14(19)9-15(20)11-16/h9-12,17H,4-8H2,1-3H3,(H,21,25). The van der Waals surface area contributed by atoms with Gasteiger partial charge in [-0.25, -0.2) is 8.78 Å². The van der Waals surface area contributed by atoms with Crippen LogP contribution in [0.15, 0.2) is 18.2 Å². The maximum Gasteiger partial charge on any atom is 0.219 e. The third-order valence-electron chi connectivity index (χ3n) is 4.72. The van der Waals surface area contributed by atoms with Crippen molar-refractivity contribution in [1.82, 2.24) is 9.80 Å². The van der Waals surface area contributed by atoms with Crippen molar-refractivity contribution in [2.24, 2.45) is 0 Å². The first-order chi connectivity index (χ1) is 11.8. The van der Waals surface area contributed by atoms with Crippen molar-refractivity contribution in [2.75, 3.05) is 18.4 Å². The van der Waals surface area contributed by atoms with Crippen LogP contribution in [0.5, 0.6) is 0 Å². The third-order valence-corrected chi connectivity index (χ3v) is 5.03. The molecule has 0 bridgehead atoms. The maximum atomic E-state index is 13.4. The summed E-state index contributed by atoms with van der Waals surface area (Å²) in [6, 6.07) is 3.67. The van der Waals surface area contributed by atoms with Crippen LogP contribution in [0.4, 0.5) is 14.5 Å². The van der Waals surface area contributed by atoms with Crippen LogP contribution in [0.25, 0.3) is 0 Å². The van der Waals surface area contributed by atoms with Crippen molar-refractivity contribution >= 4 is 28.9 Å². The summed E-state index contributed by atoms with van der Waals surface area (Å²) in [5, 5.41) is 3.43. The van der Waals surface area contributed by atoms with Crippen LogP contribution in [-0.2, 0) is 4.79 Å². The minimum absolute atomic E-state index is 0.0875. The number of amides is 1. The van der Waals surface area contributed by atoms with E-state index >= 15 is 0 Å². The number of likely N-dealkylation sites (tertiary alicyclic amines) is 1. The molecule has 7 heteroatoms. The van der Waals surface area contributed by atoms with Gasteiger partial charge in [0.25, 0.3) is 0 Å². The summed E-state index contributed by atoms with van der Waals surface area (Å²) in [6.07, 6.45) is 2.54. The molecule has 25 heavy (non-hydrogen) atoms. The van der Waals surface area contributed by atoms with Gasteiger partial charge in [0.15, 0.2) is 5.11 Å². The SMILES string of the molecule is CCC(C)N(C(=S)Nc1cc(F)cc(F)c1)C1CCN(C(C)=O)CC1. The van der Waals surface area contributed by atoms with Crippen molar-refractivity contribution < 1.29 is 13.6 Å². The maximum absolute atomic E-state index is 13.4. The van der Waals surface area contributed by atoms with E-state index in [-0.39, 0.29) is 18.0 Å². The normalized spacial score (nSPS) is 16.4. The molecule has 138 valence electrons. The fraction of sp³-hybridized carbons (Fsp3) is 0.556. The smallest absolute Gasteiger partial charge is 0.219 e. The summed E-state index contributed by atoms with van der Waals surface area (Å²) in [7, 11) is 0. The van der Waals surface area contributed by atoms with Crippen molar-refractivity contribution in [3.8, 4) is 0 Å². The van der Waals surface area contributed by atoms with Crippen LogP contribution in [-0.4, -0.2) is 46.0 Å². The van der Waals surface area contributed by atoms with Gasteiger partial charge >= 0.3 is 0 Å². The summed E-state index contributed by atoms with van der Waals surface area (Å²) in [6.45, 7) is 7.13. The van der Waals surface area contributed by atoms with Crippen molar-refractivity contribution in [3.05, 3.63) is 29.8 Å². The lowest BCUT2D eigenvalue weighted by atomic mass is 10.0. The number of benzene rings is 1. The molecule has 0 spiro atoms. The first-order valence-corrected chi connectivity index (χ1v) is 9.03. The Morgan fingerprint density at radius 1 is 1.32 bits per heavy atom. The van der Waals surface area contributed by atoms with Gasteiger partial charge in [-0.1, -0.05) is 6.92 Å². The van der Waals surface area contributed by atoms with Gasteiger partial charge in [0.2, 0.25) is 5.91 Å². The Bertz CT molecular complexity index is 612. The average Bonchev–Trinajstić information content (AvgIpc) is 2.54. The molecule has 1 aromatic rings. The number of anilines is 1.